The van der Waals surface area contributed by atoms with Gasteiger partial charge in [-0.15, -0.1) is 0 Å². The van der Waals surface area contributed by atoms with Crippen LogP contribution in [0.1, 0.15) is 72.6 Å². The fraction of sp³-hybridized carbons (Fsp3) is 0.938. The van der Waals surface area contributed by atoms with E-state index < -0.39 is 0 Å². The van der Waals surface area contributed by atoms with E-state index in [1.165, 1.54) is 0 Å². The molecule has 2 aliphatic rings. The molecule has 110 valence electrons. The topological polar surface area (TPSA) is 46.5 Å². The monoisotopic (exact) mass is 268 g/mol. The van der Waals surface area contributed by atoms with E-state index in [-0.39, 0.29) is 28.5 Å². The van der Waals surface area contributed by atoms with E-state index in [1.807, 2.05) is 0 Å². The average molecular weight is 268 g/mol. The van der Waals surface area contributed by atoms with Gasteiger partial charge in [-0.3, -0.25) is 4.79 Å². The van der Waals surface area contributed by atoms with Gasteiger partial charge in [-0.25, -0.2) is 0 Å². The van der Waals surface area contributed by atoms with E-state index in [9.17, 15) is 9.90 Å². The van der Waals surface area contributed by atoms with Gasteiger partial charge in [-0.1, -0.05) is 27.7 Å². The molecule has 2 fully saturated rings. The Balaban J connectivity index is 2.17. The molecule has 1 aliphatic heterocycles. The van der Waals surface area contributed by atoms with Crippen molar-refractivity contribution in [3.05, 3.63) is 0 Å². The van der Waals surface area contributed by atoms with Crippen LogP contribution in [0.4, 0.5) is 0 Å². The van der Waals surface area contributed by atoms with Crippen molar-refractivity contribution in [1.29, 1.82) is 0 Å². The van der Waals surface area contributed by atoms with Crippen molar-refractivity contribution in [2.24, 2.45) is 10.8 Å². The second-order valence-corrected chi connectivity index (χ2v) is 7.85. The molecule has 0 radical (unpaired) electrons. The largest absolute Gasteiger partial charge is 0.459 e. The summed E-state index contributed by atoms with van der Waals surface area (Å²) in [5.41, 5.74) is -0.452. The van der Waals surface area contributed by atoms with Gasteiger partial charge in [0.15, 0.2) is 0 Å². The maximum absolute atomic E-state index is 12.5. The Labute approximate surface area is 116 Å². The molecule has 0 aromatic heterocycles. The molecule has 19 heavy (non-hydrogen) atoms. The second-order valence-electron chi connectivity index (χ2n) is 7.85. The number of rotatable bonds is 2. The van der Waals surface area contributed by atoms with Crippen molar-refractivity contribution in [2.75, 3.05) is 0 Å². The molecule has 2 rings (SSSR count). The summed E-state index contributed by atoms with van der Waals surface area (Å²) in [5.74, 6) is 0.00122. The van der Waals surface area contributed by atoms with Gasteiger partial charge in [0.05, 0.1) is 11.5 Å². The summed E-state index contributed by atoms with van der Waals surface area (Å²) >= 11 is 0. The number of aliphatic hydroxyl groups is 1. The molecule has 1 unspecified atom stereocenters. The minimum atomic E-state index is -0.305. The summed E-state index contributed by atoms with van der Waals surface area (Å²) < 4.78 is 5.84. The Bertz CT molecular complexity index is 347. The lowest BCUT2D eigenvalue weighted by Gasteiger charge is -2.36. The summed E-state index contributed by atoms with van der Waals surface area (Å²) in [6, 6.07) is 0. The number of carbonyl (C=O) groups is 1. The van der Waals surface area contributed by atoms with Crippen LogP contribution in [0.2, 0.25) is 0 Å². The van der Waals surface area contributed by atoms with Crippen molar-refractivity contribution in [2.45, 2.75) is 84.3 Å². The third-order valence-electron chi connectivity index (χ3n) is 4.81. The lowest BCUT2D eigenvalue weighted by Crippen LogP contribution is -2.36. The van der Waals surface area contributed by atoms with Gasteiger partial charge in [-0.2, -0.15) is 0 Å². The minimum absolute atomic E-state index is 0.00122. The molecular formula is C16H28O3. The molecule has 0 aromatic rings. The van der Waals surface area contributed by atoms with Crippen molar-refractivity contribution in [1.82, 2.24) is 0 Å². The van der Waals surface area contributed by atoms with E-state index in [4.69, 9.17) is 4.74 Å². The first-order chi connectivity index (χ1) is 8.70. The van der Waals surface area contributed by atoms with Crippen molar-refractivity contribution >= 4 is 5.97 Å². The summed E-state index contributed by atoms with van der Waals surface area (Å²) in [7, 11) is 0. The van der Waals surface area contributed by atoms with Gasteiger partial charge in [0.1, 0.15) is 5.60 Å². The Hall–Kier alpha value is -0.570. The smallest absolute Gasteiger partial charge is 0.312 e. The third-order valence-corrected chi connectivity index (χ3v) is 4.81. The van der Waals surface area contributed by atoms with Gasteiger partial charge in [0.2, 0.25) is 0 Å². The Morgan fingerprint density at radius 3 is 2.37 bits per heavy atom. The first-order valence-electron chi connectivity index (χ1n) is 7.62. The number of esters is 1. The molecule has 1 spiro atoms. The normalized spacial score (nSPS) is 39.6. The highest BCUT2D eigenvalue weighted by atomic mass is 16.6. The Kier molecular flexibility index (Phi) is 3.72. The molecule has 1 aliphatic carbocycles. The minimum Gasteiger partial charge on any atom is -0.459 e. The molecule has 1 N–H and O–H groups in total. The van der Waals surface area contributed by atoms with Crippen LogP contribution in [0.3, 0.4) is 0 Å². The van der Waals surface area contributed by atoms with Gasteiger partial charge in [0.25, 0.3) is 0 Å². The maximum atomic E-state index is 12.5. The van der Waals surface area contributed by atoms with Crippen LogP contribution in [0, 0.1) is 10.8 Å². The molecule has 1 atom stereocenters. The molecule has 3 nitrogen and oxygen atoms in total. The highest BCUT2D eigenvalue weighted by Crippen LogP contribution is 2.53. The lowest BCUT2D eigenvalue weighted by atomic mass is 9.66. The van der Waals surface area contributed by atoms with Crippen LogP contribution >= 0.6 is 0 Å². The first-order valence-corrected chi connectivity index (χ1v) is 7.62. The molecule has 1 heterocycles. The van der Waals surface area contributed by atoms with Crippen molar-refractivity contribution < 1.29 is 14.6 Å². The second kappa shape index (κ2) is 4.76. The number of hydrogen-bond donors (Lipinski definition) is 1. The van der Waals surface area contributed by atoms with Crippen LogP contribution in [0.25, 0.3) is 0 Å². The SMILES string of the molecule is CCC1(CC(C)(C)C)CC2(CCC(O)CC2)OC1=O. The zero-order valence-corrected chi connectivity index (χ0v) is 12.8. The van der Waals surface area contributed by atoms with Gasteiger partial charge in [-0.05, 0) is 43.9 Å². The number of carbonyl (C=O) groups excluding carboxylic acids is 1. The molecular weight excluding hydrogens is 240 g/mol. The lowest BCUT2D eigenvalue weighted by molar-refractivity contribution is -0.158. The fourth-order valence-electron chi connectivity index (χ4n) is 3.98. The fourth-order valence-corrected chi connectivity index (χ4v) is 3.98. The number of aliphatic hydroxyl groups excluding tert-OH is 1. The van der Waals surface area contributed by atoms with Crippen LogP contribution < -0.4 is 0 Å². The highest BCUT2D eigenvalue weighted by molar-refractivity contribution is 5.79. The number of ether oxygens (including phenoxy) is 1. The molecule has 0 bridgehead atoms. The van der Waals surface area contributed by atoms with Crippen LogP contribution in [-0.4, -0.2) is 22.8 Å². The van der Waals surface area contributed by atoms with Crippen molar-refractivity contribution in [3.63, 3.8) is 0 Å². The summed E-state index contributed by atoms with van der Waals surface area (Å²) in [5, 5.41) is 9.65. The van der Waals surface area contributed by atoms with E-state index in [0.717, 1.165) is 44.9 Å². The van der Waals surface area contributed by atoms with Crippen molar-refractivity contribution in [3.8, 4) is 0 Å². The zero-order chi connectivity index (χ0) is 14.3. The molecule has 3 heteroatoms. The van der Waals surface area contributed by atoms with Gasteiger partial charge < -0.3 is 9.84 Å². The zero-order valence-electron chi connectivity index (χ0n) is 12.8. The van der Waals surface area contributed by atoms with Crippen LogP contribution in [-0.2, 0) is 9.53 Å². The summed E-state index contributed by atoms with van der Waals surface area (Å²) in [6.07, 6.45) is 5.57. The summed E-state index contributed by atoms with van der Waals surface area (Å²) in [4.78, 5) is 12.5. The molecule has 0 aromatic carbocycles. The number of hydrogen-bond acceptors (Lipinski definition) is 3. The quantitative estimate of drug-likeness (QED) is 0.780. The Morgan fingerprint density at radius 1 is 1.32 bits per heavy atom. The average Bonchev–Trinajstić information content (AvgIpc) is 2.55. The molecule has 0 amide bonds. The van der Waals surface area contributed by atoms with Crippen LogP contribution in [0.15, 0.2) is 0 Å². The third kappa shape index (κ3) is 2.96. The van der Waals surface area contributed by atoms with Gasteiger partial charge >= 0.3 is 5.97 Å². The molecule has 1 saturated carbocycles. The Morgan fingerprint density at radius 2 is 1.89 bits per heavy atom. The maximum Gasteiger partial charge on any atom is 0.312 e. The standard InChI is InChI=1S/C16H28O3/c1-5-15(10-14(2,3)4)11-16(19-13(15)18)8-6-12(17)7-9-16/h12,17H,5-11H2,1-4H3. The van der Waals surface area contributed by atoms with E-state index >= 15 is 0 Å². The first kappa shape index (κ1) is 14.8. The predicted molar refractivity (Wildman–Crippen MR) is 74.7 cm³/mol. The van der Waals surface area contributed by atoms with Gasteiger partial charge in [0, 0.05) is 6.42 Å². The van der Waals surface area contributed by atoms with E-state index in [0.29, 0.717) is 0 Å². The van der Waals surface area contributed by atoms with Crippen LogP contribution in [0.5, 0.6) is 0 Å². The predicted octanol–water partition coefficient (Wildman–Crippen LogP) is 3.44. The summed E-state index contributed by atoms with van der Waals surface area (Å²) in [6.45, 7) is 8.66. The molecule has 1 saturated heterocycles. The highest BCUT2D eigenvalue weighted by Gasteiger charge is 2.57. The van der Waals surface area contributed by atoms with E-state index in [2.05, 4.69) is 27.7 Å². The van der Waals surface area contributed by atoms with E-state index in [1.54, 1.807) is 0 Å².